The topological polar surface area (TPSA) is 61.1 Å². The fourth-order valence-electron chi connectivity index (χ4n) is 1.02. The second-order valence-corrected chi connectivity index (χ2v) is 4.46. The molecule has 1 saturated carbocycles. The molecule has 0 aromatic rings. The Bertz CT molecular complexity index is 246. The minimum atomic E-state index is -1.10. The van der Waals surface area contributed by atoms with E-state index in [2.05, 4.69) is 0 Å². The lowest BCUT2D eigenvalue weighted by atomic mass is 10.0. The number of nitriles is 1. The van der Waals surface area contributed by atoms with Gasteiger partial charge in [-0.05, 0) is 18.8 Å². The largest absolute Gasteiger partial charge is 0.480 e. The number of carboxylic acid groups (broad SMARTS) is 1. The van der Waals surface area contributed by atoms with E-state index in [1.54, 1.807) is 6.07 Å². The highest BCUT2D eigenvalue weighted by atomic mass is 35.5. The van der Waals surface area contributed by atoms with Crippen LogP contribution >= 0.6 is 23.2 Å². The van der Waals surface area contributed by atoms with Gasteiger partial charge in [0.05, 0.1) is 6.07 Å². The summed E-state index contributed by atoms with van der Waals surface area (Å²) in [4.78, 5) is 10.4. The van der Waals surface area contributed by atoms with Gasteiger partial charge < -0.3 is 5.11 Å². The Morgan fingerprint density at radius 1 is 1.83 bits per heavy atom. The Labute approximate surface area is 79.9 Å². The normalized spacial score (nSPS) is 27.2. The van der Waals surface area contributed by atoms with E-state index in [9.17, 15) is 4.79 Å². The third-order valence-corrected chi connectivity index (χ3v) is 2.86. The molecule has 1 aliphatic carbocycles. The zero-order chi connectivity index (χ0) is 9.35. The van der Waals surface area contributed by atoms with E-state index < -0.39 is 16.2 Å². The number of aliphatic carboxylic acids is 1. The lowest BCUT2D eigenvalue weighted by molar-refractivity contribution is -0.140. The molecular formula is C7H7Cl2NO2. The first-order valence-corrected chi connectivity index (χ1v) is 4.23. The van der Waals surface area contributed by atoms with Gasteiger partial charge in [-0.3, -0.25) is 4.79 Å². The van der Waals surface area contributed by atoms with Crippen LogP contribution in [0.1, 0.15) is 12.8 Å². The molecule has 0 saturated heterocycles. The van der Waals surface area contributed by atoms with Gasteiger partial charge >= 0.3 is 5.97 Å². The van der Waals surface area contributed by atoms with Crippen molar-refractivity contribution < 1.29 is 9.90 Å². The van der Waals surface area contributed by atoms with Crippen molar-refractivity contribution in [3.05, 3.63) is 0 Å². The molecule has 3 nitrogen and oxygen atoms in total. The summed E-state index contributed by atoms with van der Waals surface area (Å²) in [5.41, 5.74) is 0. The molecule has 12 heavy (non-hydrogen) atoms. The predicted molar refractivity (Wildman–Crippen MR) is 43.9 cm³/mol. The quantitative estimate of drug-likeness (QED) is 0.719. The van der Waals surface area contributed by atoms with Crippen LogP contribution in [0, 0.1) is 23.2 Å². The van der Waals surface area contributed by atoms with Crippen LogP contribution in [0.4, 0.5) is 0 Å². The summed E-state index contributed by atoms with van der Waals surface area (Å²) in [6, 6.07) is 1.69. The number of carboxylic acids is 1. The van der Waals surface area contributed by atoms with Crippen molar-refractivity contribution in [1.29, 1.82) is 5.26 Å². The summed E-state index contributed by atoms with van der Waals surface area (Å²) in [7, 11) is 0. The molecule has 66 valence electrons. The first-order valence-electron chi connectivity index (χ1n) is 3.47. The molecule has 0 bridgehead atoms. The Balaban J connectivity index is 2.42. The smallest absolute Gasteiger partial charge is 0.320 e. The molecule has 0 amide bonds. The number of hydrogen-bond acceptors (Lipinski definition) is 2. The number of nitrogens with zero attached hydrogens (tertiary/aromatic N) is 1. The van der Waals surface area contributed by atoms with Crippen LogP contribution in [-0.2, 0) is 4.79 Å². The monoisotopic (exact) mass is 207 g/mol. The molecule has 0 aliphatic heterocycles. The highest BCUT2D eigenvalue weighted by Gasteiger charge is 2.52. The Morgan fingerprint density at radius 2 is 2.33 bits per heavy atom. The van der Waals surface area contributed by atoms with Gasteiger partial charge in [-0.1, -0.05) is 0 Å². The van der Waals surface area contributed by atoms with E-state index >= 15 is 0 Å². The predicted octanol–water partition coefficient (Wildman–Crippen LogP) is 1.79. The van der Waals surface area contributed by atoms with Gasteiger partial charge in [0.15, 0.2) is 0 Å². The van der Waals surface area contributed by atoms with Gasteiger partial charge in [0.1, 0.15) is 10.3 Å². The number of alkyl halides is 2. The van der Waals surface area contributed by atoms with E-state index in [-0.39, 0.29) is 12.3 Å². The van der Waals surface area contributed by atoms with Gasteiger partial charge in [0.25, 0.3) is 0 Å². The van der Waals surface area contributed by atoms with Crippen molar-refractivity contribution in [2.45, 2.75) is 17.2 Å². The molecule has 1 N–H and O–H groups in total. The SMILES string of the molecule is N#CC(CC1CC1(Cl)Cl)C(=O)O. The number of halogens is 2. The van der Waals surface area contributed by atoms with Crippen molar-refractivity contribution in [3.63, 3.8) is 0 Å². The van der Waals surface area contributed by atoms with E-state index in [1.807, 2.05) is 0 Å². The molecule has 2 unspecified atom stereocenters. The lowest BCUT2D eigenvalue weighted by Crippen LogP contribution is -2.13. The summed E-state index contributed by atoms with van der Waals surface area (Å²) < 4.78 is -0.787. The molecule has 0 aromatic carbocycles. The molecule has 0 radical (unpaired) electrons. The summed E-state index contributed by atoms with van der Waals surface area (Å²) in [6.07, 6.45) is 0.834. The second-order valence-electron chi connectivity index (χ2n) is 2.92. The van der Waals surface area contributed by atoms with Crippen LogP contribution in [0.25, 0.3) is 0 Å². The second kappa shape index (κ2) is 3.12. The third-order valence-electron chi connectivity index (χ3n) is 1.93. The molecule has 1 rings (SSSR count). The molecule has 5 heteroatoms. The van der Waals surface area contributed by atoms with Gasteiger partial charge in [0.2, 0.25) is 0 Å². The molecule has 1 fully saturated rings. The van der Waals surface area contributed by atoms with E-state index in [4.69, 9.17) is 33.6 Å². The fraction of sp³-hybridized carbons (Fsp3) is 0.714. The van der Waals surface area contributed by atoms with Crippen molar-refractivity contribution in [2.75, 3.05) is 0 Å². The van der Waals surface area contributed by atoms with Gasteiger partial charge in [0, 0.05) is 0 Å². The van der Waals surface area contributed by atoms with E-state index in [0.717, 1.165) is 0 Å². The molecule has 0 heterocycles. The van der Waals surface area contributed by atoms with Gasteiger partial charge in [-0.15, -0.1) is 23.2 Å². The van der Waals surface area contributed by atoms with Crippen molar-refractivity contribution in [1.82, 2.24) is 0 Å². The van der Waals surface area contributed by atoms with Crippen LogP contribution in [0.2, 0.25) is 0 Å². The number of carbonyl (C=O) groups is 1. The van der Waals surface area contributed by atoms with Crippen LogP contribution < -0.4 is 0 Å². The van der Waals surface area contributed by atoms with E-state index in [1.165, 1.54) is 0 Å². The average molecular weight is 208 g/mol. The van der Waals surface area contributed by atoms with Crippen LogP contribution in [0.5, 0.6) is 0 Å². The molecule has 2 atom stereocenters. The summed E-state index contributed by atoms with van der Waals surface area (Å²) in [5.74, 6) is -2.12. The Kier molecular flexibility index (Phi) is 2.50. The third kappa shape index (κ3) is 2.02. The minimum Gasteiger partial charge on any atom is -0.480 e. The first kappa shape index (κ1) is 9.63. The summed E-state index contributed by atoms with van der Waals surface area (Å²) in [6.45, 7) is 0. The summed E-state index contributed by atoms with van der Waals surface area (Å²) >= 11 is 11.4. The maximum absolute atomic E-state index is 10.4. The highest BCUT2D eigenvalue weighted by Crippen LogP contribution is 2.55. The van der Waals surface area contributed by atoms with Crippen molar-refractivity contribution >= 4 is 29.2 Å². The molecular weight excluding hydrogens is 201 g/mol. The standard InChI is InChI=1S/C7H7Cl2NO2/c8-7(9)2-5(7)1-4(3-10)6(11)12/h4-5H,1-2H2,(H,11,12). The van der Waals surface area contributed by atoms with Gasteiger partial charge in [-0.25, -0.2) is 0 Å². The van der Waals surface area contributed by atoms with Crippen molar-refractivity contribution in [3.8, 4) is 6.07 Å². The zero-order valence-electron chi connectivity index (χ0n) is 6.13. The molecule has 0 spiro atoms. The van der Waals surface area contributed by atoms with Crippen LogP contribution in [-0.4, -0.2) is 15.4 Å². The average Bonchev–Trinajstić information content (AvgIpc) is 2.53. The molecule has 0 aromatic heterocycles. The Morgan fingerprint density at radius 3 is 2.58 bits per heavy atom. The maximum Gasteiger partial charge on any atom is 0.320 e. The van der Waals surface area contributed by atoms with Gasteiger partial charge in [-0.2, -0.15) is 5.26 Å². The van der Waals surface area contributed by atoms with Crippen LogP contribution in [0.15, 0.2) is 0 Å². The fourth-order valence-corrected chi connectivity index (χ4v) is 1.57. The maximum atomic E-state index is 10.4. The van der Waals surface area contributed by atoms with Crippen molar-refractivity contribution in [2.24, 2.45) is 11.8 Å². The van der Waals surface area contributed by atoms with E-state index in [0.29, 0.717) is 6.42 Å². The summed E-state index contributed by atoms with van der Waals surface area (Å²) in [5, 5.41) is 16.9. The number of rotatable bonds is 3. The Hall–Kier alpha value is -0.460. The highest BCUT2D eigenvalue weighted by molar-refractivity contribution is 6.50. The number of hydrogen-bond donors (Lipinski definition) is 1. The van der Waals surface area contributed by atoms with Crippen LogP contribution in [0.3, 0.4) is 0 Å². The zero-order valence-corrected chi connectivity index (χ0v) is 7.64. The first-order chi connectivity index (χ1) is 5.47. The lowest BCUT2D eigenvalue weighted by Gasteiger charge is -2.02. The minimum absolute atomic E-state index is 0.0402. The molecule has 1 aliphatic rings.